The largest absolute Gasteiger partial charge is 0.508 e. The summed E-state index contributed by atoms with van der Waals surface area (Å²) in [5, 5.41) is 19.5. The third-order valence-electron chi connectivity index (χ3n) is 2.53. The third kappa shape index (κ3) is 3.35. The number of carbonyl (C=O) groups excluding carboxylic acids is 1. The first kappa shape index (κ1) is 14.5. The van der Waals surface area contributed by atoms with Crippen LogP contribution in [0.15, 0.2) is 36.4 Å². The highest BCUT2D eigenvalue weighted by Gasteiger charge is 2.13. The summed E-state index contributed by atoms with van der Waals surface area (Å²) in [5.74, 6) is -0.544. The van der Waals surface area contributed by atoms with Crippen molar-refractivity contribution < 1.29 is 19.7 Å². The van der Waals surface area contributed by atoms with Gasteiger partial charge in [0, 0.05) is 11.1 Å². The number of hydrogen-bond donors (Lipinski definition) is 2. The highest BCUT2D eigenvalue weighted by molar-refractivity contribution is 6.35. The first-order chi connectivity index (χ1) is 9.47. The molecule has 0 aliphatic carbocycles. The van der Waals surface area contributed by atoms with E-state index in [0.29, 0.717) is 15.8 Å². The first-order valence-electron chi connectivity index (χ1n) is 5.60. The Morgan fingerprint density at radius 2 is 1.85 bits per heavy atom. The lowest BCUT2D eigenvalue weighted by molar-refractivity contribution is 0.0919. The maximum absolute atomic E-state index is 11.9. The van der Waals surface area contributed by atoms with Gasteiger partial charge in [-0.05, 0) is 30.3 Å². The fourth-order valence-corrected chi connectivity index (χ4v) is 2.03. The van der Waals surface area contributed by atoms with Gasteiger partial charge in [0.05, 0.1) is 10.6 Å². The smallest absolute Gasteiger partial charge is 0.203 e. The molecule has 0 saturated carbocycles. The zero-order valence-corrected chi connectivity index (χ0v) is 11.6. The Bertz CT molecular complexity index is 656. The summed E-state index contributed by atoms with van der Waals surface area (Å²) in [6, 6.07) is 8.35. The minimum Gasteiger partial charge on any atom is -0.508 e. The number of rotatable bonds is 4. The Labute approximate surface area is 125 Å². The number of carbonyl (C=O) groups is 1. The lowest BCUT2D eigenvalue weighted by Gasteiger charge is -2.08. The van der Waals surface area contributed by atoms with Gasteiger partial charge in [-0.15, -0.1) is 0 Å². The van der Waals surface area contributed by atoms with E-state index in [0.717, 1.165) is 6.07 Å². The van der Waals surface area contributed by atoms with Crippen LogP contribution in [-0.2, 0) is 0 Å². The highest BCUT2D eigenvalue weighted by Crippen LogP contribution is 2.28. The van der Waals surface area contributed by atoms with Gasteiger partial charge in [-0.2, -0.15) is 0 Å². The summed E-state index contributed by atoms with van der Waals surface area (Å²) in [6.07, 6.45) is 0. The summed E-state index contributed by atoms with van der Waals surface area (Å²) < 4.78 is 5.28. The second-order valence-corrected chi connectivity index (χ2v) is 4.83. The zero-order chi connectivity index (χ0) is 14.7. The molecule has 0 radical (unpaired) electrons. The Balaban J connectivity index is 2.08. The minimum atomic E-state index is -0.437. The van der Waals surface area contributed by atoms with Crippen LogP contribution in [0.25, 0.3) is 0 Å². The first-order valence-corrected chi connectivity index (χ1v) is 6.36. The average Bonchev–Trinajstić information content (AvgIpc) is 2.37. The summed E-state index contributed by atoms with van der Waals surface area (Å²) in [4.78, 5) is 11.9. The van der Waals surface area contributed by atoms with Gasteiger partial charge in [0.25, 0.3) is 0 Å². The number of benzene rings is 2. The van der Waals surface area contributed by atoms with Gasteiger partial charge in [0.15, 0.2) is 6.61 Å². The summed E-state index contributed by atoms with van der Waals surface area (Å²) in [5.41, 5.74) is 0.0629. The van der Waals surface area contributed by atoms with Gasteiger partial charge in [-0.3, -0.25) is 4.79 Å². The number of ketones is 1. The molecule has 0 heterocycles. The van der Waals surface area contributed by atoms with Gasteiger partial charge in [0.1, 0.15) is 17.2 Å². The maximum Gasteiger partial charge on any atom is 0.203 e. The van der Waals surface area contributed by atoms with Crippen molar-refractivity contribution in [1.82, 2.24) is 0 Å². The van der Waals surface area contributed by atoms with Crippen LogP contribution >= 0.6 is 23.2 Å². The molecule has 0 aromatic heterocycles. The fraction of sp³-hybridized carbons (Fsp3) is 0.0714. The van der Waals surface area contributed by atoms with Crippen LogP contribution in [0.5, 0.6) is 17.2 Å². The van der Waals surface area contributed by atoms with Crippen LogP contribution in [0.1, 0.15) is 10.4 Å². The number of hydrogen-bond acceptors (Lipinski definition) is 4. The molecule has 0 atom stereocenters. The molecule has 2 aromatic rings. The molecule has 2 N–H and O–H groups in total. The van der Waals surface area contributed by atoms with E-state index in [1.807, 2.05) is 0 Å². The predicted molar refractivity (Wildman–Crippen MR) is 76.1 cm³/mol. The molecule has 0 amide bonds. The van der Waals surface area contributed by atoms with Crippen LogP contribution in [-0.4, -0.2) is 22.6 Å². The van der Waals surface area contributed by atoms with Crippen LogP contribution in [0.4, 0.5) is 0 Å². The van der Waals surface area contributed by atoms with E-state index in [4.69, 9.17) is 33.0 Å². The third-order valence-corrected chi connectivity index (χ3v) is 3.06. The number of phenols is 2. The van der Waals surface area contributed by atoms with Gasteiger partial charge in [-0.1, -0.05) is 23.2 Å². The highest BCUT2D eigenvalue weighted by atomic mass is 35.5. The lowest BCUT2D eigenvalue weighted by Crippen LogP contribution is -2.11. The maximum atomic E-state index is 11.9. The molecule has 2 rings (SSSR count). The molecule has 0 aliphatic heterocycles. The molecule has 0 bridgehead atoms. The molecular weight excluding hydrogens is 303 g/mol. The SMILES string of the molecule is O=C(COc1ccc(Cl)cc1Cl)c1ccc(O)cc1O. The minimum absolute atomic E-state index is 0.0629. The zero-order valence-electron chi connectivity index (χ0n) is 10.1. The molecule has 0 aliphatic rings. The number of halogens is 2. The van der Waals surface area contributed by atoms with E-state index in [-0.39, 0.29) is 23.7 Å². The Kier molecular flexibility index (Phi) is 4.37. The number of phenolic OH excluding ortho intramolecular Hbond substituents is 2. The molecule has 0 spiro atoms. The number of ether oxygens (including phenoxy) is 1. The molecule has 0 unspecified atom stereocenters. The lowest BCUT2D eigenvalue weighted by atomic mass is 10.1. The molecule has 104 valence electrons. The molecule has 0 fully saturated rings. The molecular formula is C14H10Cl2O4. The van der Waals surface area contributed by atoms with E-state index in [2.05, 4.69) is 0 Å². The van der Waals surface area contributed by atoms with Gasteiger partial charge in [-0.25, -0.2) is 0 Å². The van der Waals surface area contributed by atoms with Crippen LogP contribution < -0.4 is 4.74 Å². The van der Waals surface area contributed by atoms with Gasteiger partial charge in [0.2, 0.25) is 5.78 Å². The Morgan fingerprint density at radius 1 is 1.10 bits per heavy atom. The summed E-state index contributed by atoms with van der Waals surface area (Å²) in [6.45, 7) is -0.292. The normalized spacial score (nSPS) is 10.3. The predicted octanol–water partition coefficient (Wildman–Crippen LogP) is 3.67. The van der Waals surface area contributed by atoms with Crippen LogP contribution in [0.3, 0.4) is 0 Å². The van der Waals surface area contributed by atoms with Crippen molar-refractivity contribution in [3.8, 4) is 17.2 Å². The van der Waals surface area contributed by atoms with Crippen molar-refractivity contribution in [1.29, 1.82) is 0 Å². The van der Waals surface area contributed by atoms with Crippen molar-refractivity contribution in [3.63, 3.8) is 0 Å². The van der Waals surface area contributed by atoms with Gasteiger partial charge >= 0.3 is 0 Å². The van der Waals surface area contributed by atoms with Crippen molar-refractivity contribution in [2.75, 3.05) is 6.61 Å². The summed E-state index contributed by atoms with van der Waals surface area (Å²) in [7, 11) is 0. The Hall–Kier alpha value is -1.91. The molecule has 4 nitrogen and oxygen atoms in total. The standard InChI is InChI=1S/C14H10Cl2O4/c15-8-1-4-14(11(16)5-8)20-7-13(19)10-3-2-9(17)6-12(10)18/h1-6,17-18H,7H2. The van der Waals surface area contributed by atoms with E-state index < -0.39 is 5.78 Å². The van der Waals surface area contributed by atoms with E-state index >= 15 is 0 Å². The number of Topliss-reactive ketones (excluding diaryl/α,β-unsaturated/α-hetero) is 1. The van der Waals surface area contributed by atoms with E-state index in [9.17, 15) is 9.90 Å². The second kappa shape index (κ2) is 6.03. The van der Waals surface area contributed by atoms with E-state index in [1.165, 1.54) is 18.2 Å². The fourth-order valence-electron chi connectivity index (χ4n) is 1.57. The second-order valence-electron chi connectivity index (χ2n) is 3.99. The topological polar surface area (TPSA) is 66.8 Å². The molecule has 6 heteroatoms. The van der Waals surface area contributed by atoms with Crippen LogP contribution in [0, 0.1) is 0 Å². The molecule has 2 aromatic carbocycles. The molecule has 20 heavy (non-hydrogen) atoms. The van der Waals surface area contributed by atoms with Gasteiger partial charge < -0.3 is 14.9 Å². The quantitative estimate of drug-likeness (QED) is 0.845. The van der Waals surface area contributed by atoms with Crippen LogP contribution in [0.2, 0.25) is 10.0 Å². The van der Waals surface area contributed by atoms with E-state index in [1.54, 1.807) is 12.1 Å². The summed E-state index contributed by atoms with van der Waals surface area (Å²) >= 11 is 11.7. The van der Waals surface area contributed by atoms with Crippen molar-refractivity contribution in [2.24, 2.45) is 0 Å². The number of aromatic hydroxyl groups is 2. The van der Waals surface area contributed by atoms with Crippen molar-refractivity contribution in [3.05, 3.63) is 52.0 Å². The average molecular weight is 313 g/mol. The molecule has 0 saturated heterocycles. The Morgan fingerprint density at radius 3 is 2.50 bits per heavy atom. The van der Waals surface area contributed by atoms with Crippen molar-refractivity contribution >= 4 is 29.0 Å². The van der Waals surface area contributed by atoms with Crippen molar-refractivity contribution in [2.45, 2.75) is 0 Å². The monoisotopic (exact) mass is 312 g/mol.